The number of hydrogen-bond acceptors (Lipinski definition) is 3. The molecule has 0 saturated carbocycles. The van der Waals surface area contributed by atoms with E-state index < -0.39 is 11.5 Å². The lowest BCUT2D eigenvalue weighted by Gasteiger charge is -2.27. The van der Waals surface area contributed by atoms with Crippen LogP contribution in [0.5, 0.6) is 0 Å². The number of nitrogens with zero attached hydrogens (tertiary/aromatic N) is 1. The number of aryl methyl sites for hydroxylation is 1. The predicted molar refractivity (Wildman–Crippen MR) is 81.1 cm³/mol. The third-order valence-electron chi connectivity index (χ3n) is 4.07. The van der Waals surface area contributed by atoms with E-state index in [1.165, 1.54) is 24.1 Å². The Kier molecular flexibility index (Phi) is 4.65. The van der Waals surface area contributed by atoms with Crippen LogP contribution >= 0.6 is 0 Å². The number of aliphatic carboxylic acids is 1. The molecule has 1 aromatic carbocycles. The van der Waals surface area contributed by atoms with Gasteiger partial charge in [0.15, 0.2) is 0 Å². The zero-order valence-corrected chi connectivity index (χ0v) is 12.1. The second-order valence-corrected chi connectivity index (χ2v) is 5.90. The summed E-state index contributed by atoms with van der Waals surface area (Å²) in [4.78, 5) is 13.4. The maximum Gasteiger partial charge on any atom is 0.323 e. The monoisotopic (exact) mass is 276 g/mol. The lowest BCUT2D eigenvalue weighted by atomic mass is 9.97. The summed E-state index contributed by atoms with van der Waals surface area (Å²) in [5, 5.41) is 9.04. The molecule has 4 nitrogen and oxygen atoms in total. The van der Waals surface area contributed by atoms with E-state index in [9.17, 15) is 4.79 Å². The van der Waals surface area contributed by atoms with E-state index >= 15 is 0 Å². The van der Waals surface area contributed by atoms with Crippen molar-refractivity contribution in [3.63, 3.8) is 0 Å². The molecular formula is C16H24N2O2. The Morgan fingerprint density at radius 3 is 2.90 bits per heavy atom. The zero-order valence-electron chi connectivity index (χ0n) is 12.1. The molecule has 1 aliphatic heterocycles. The van der Waals surface area contributed by atoms with Gasteiger partial charge < -0.3 is 15.7 Å². The number of hydrogen-bond donors (Lipinski definition) is 2. The van der Waals surface area contributed by atoms with Crippen molar-refractivity contribution >= 4 is 11.7 Å². The number of para-hydroxylation sites is 1. The highest BCUT2D eigenvalue weighted by molar-refractivity contribution is 5.77. The number of rotatable bonds is 5. The molecule has 0 spiro atoms. The minimum Gasteiger partial charge on any atom is -0.480 e. The van der Waals surface area contributed by atoms with Crippen LogP contribution in [0.2, 0.25) is 0 Å². The lowest BCUT2D eigenvalue weighted by Crippen LogP contribution is -2.45. The first-order chi connectivity index (χ1) is 9.50. The highest BCUT2D eigenvalue weighted by atomic mass is 16.4. The van der Waals surface area contributed by atoms with Crippen LogP contribution in [0.1, 0.15) is 38.2 Å². The normalized spacial score (nSPS) is 18.0. The summed E-state index contributed by atoms with van der Waals surface area (Å²) in [5.41, 5.74) is 7.37. The first-order valence-electron chi connectivity index (χ1n) is 7.36. The molecule has 2 rings (SSSR count). The van der Waals surface area contributed by atoms with Crippen molar-refractivity contribution in [1.29, 1.82) is 0 Å². The van der Waals surface area contributed by atoms with Crippen LogP contribution < -0.4 is 10.6 Å². The Bertz CT molecular complexity index is 471. The van der Waals surface area contributed by atoms with Crippen molar-refractivity contribution < 1.29 is 9.90 Å². The highest BCUT2D eigenvalue weighted by Gasteiger charge is 2.27. The Morgan fingerprint density at radius 1 is 1.40 bits per heavy atom. The molecule has 0 aromatic heterocycles. The van der Waals surface area contributed by atoms with Gasteiger partial charge in [-0.1, -0.05) is 18.2 Å². The van der Waals surface area contributed by atoms with Crippen LogP contribution in [0.3, 0.4) is 0 Å². The van der Waals surface area contributed by atoms with E-state index in [1.807, 2.05) is 0 Å². The van der Waals surface area contributed by atoms with Gasteiger partial charge in [-0.3, -0.25) is 4.79 Å². The van der Waals surface area contributed by atoms with E-state index in [1.54, 1.807) is 6.92 Å². The molecule has 4 heteroatoms. The molecule has 1 unspecified atom stereocenters. The molecule has 0 saturated heterocycles. The molecule has 0 bridgehead atoms. The third kappa shape index (κ3) is 3.51. The van der Waals surface area contributed by atoms with Crippen molar-refractivity contribution in [3.05, 3.63) is 29.8 Å². The molecule has 0 radical (unpaired) electrons. The maximum absolute atomic E-state index is 11.0. The van der Waals surface area contributed by atoms with E-state index in [0.717, 1.165) is 25.9 Å². The topological polar surface area (TPSA) is 66.6 Å². The van der Waals surface area contributed by atoms with Gasteiger partial charge in [0.1, 0.15) is 5.54 Å². The van der Waals surface area contributed by atoms with Crippen molar-refractivity contribution in [2.75, 3.05) is 18.0 Å². The minimum atomic E-state index is -1.12. The van der Waals surface area contributed by atoms with Crippen LogP contribution in [-0.4, -0.2) is 29.7 Å². The Balaban J connectivity index is 1.98. The van der Waals surface area contributed by atoms with Crippen LogP contribution in [0.15, 0.2) is 24.3 Å². The Morgan fingerprint density at radius 2 is 2.15 bits per heavy atom. The first kappa shape index (κ1) is 14.9. The fraction of sp³-hybridized carbons (Fsp3) is 0.562. The molecule has 1 heterocycles. The molecule has 1 atom stereocenters. The molecule has 0 amide bonds. The van der Waals surface area contributed by atoms with Crippen LogP contribution in [-0.2, 0) is 11.2 Å². The van der Waals surface area contributed by atoms with Gasteiger partial charge in [-0.05, 0) is 50.7 Å². The van der Waals surface area contributed by atoms with Gasteiger partial charge in [0.25, 0.3) is 0 Å². The predicted octanol–water partition coefficient (Wildman–Crippen LogP) is 2.41. The largest absolute Gasteiger partial charge is 0.480 e. The molecule has 3 N–H and O–H groups in total. The molecular weight excluding hydrogens is 252 g/mol. The van der Waals surface area contributed by atoms with Crippen molar-refractivity contribution in [1.82, 2.24) is 0 Å². The Hall–Kier alpha value is -1.55. The average molecular weight is 276 g/mol. The Labute approximate surface area is 120 Å². The van der Waals surface area contributed by atoms with Gasteiger partial charge in [-0.2, -0.15) is 0 Å². The highest BCUT2D eigenvalue weighted by Crippen LogP contribution is 2.26. The van der Waals surface area contributed by atoms with Gasteiger partial charge in [-0.25, -0.2) is 0 Å². The molecule has 110 valence electrons. The van der Waals surface area contributed by atoms with Gasteiger partial charge in [0, 0.05) is 18.8 Å². The summed E-state index contributed by atoms with van der Waals surface area (Å²) in [5.74, 6) is -0.922. The number of benzene rings is 1. The van der Waals surface area contributed by atoms with Crippen molar-refractivity contribution in [3.8, 4) is 0 Å². The van der Waals surface area contributed by atoms with Crippen LogP contribution in [0.4, 0.5) is 5.69 Å². The van der Waals surface area contributed by atoms with E-state index in [0.29, 0.717) is 6.42 Å². The lowest BCUT2D eigenvalue weighted by molar-refractivity contribution is -0.142. The van der Waals surface area contributed by atoms with Crippen molar-refractivity contribution in [2.24, 2.45) is 5.73 Å². The second-order valence-electron chi connectivity index (χ2n) is 5.90. The number of fused-ring (bicyclic) bond motifs is 1. The van der Waals surface area contributed by atoms with Gasteiger partial charge >= 0.3 is 5.97 Å². The summed E-state index contributed by atoms with van der Waals surface area (Å²) in [7, 11) is 0. The zero-order chi connectivity index (χ0) is 14.6. The molecule has 20 heavy (non-hydrogen) atoms. The third-order valence-corrected chi connectivity index (χ3v) is 4.07. The number of nitrogens with two attached hydrogens (primary N) is 1. The smallest absolute Gasteiger partial charge is 0.323 e. The van der Waals surface area contributed by atoms with Gasteiger partial charge in [0.05, 0.1) is 0 Å². The fourth-order valence-electron chi connectivity index (χ4n) is 2.75. The van der Waals surface area contributed by atoms with Crippen molar-refractivity contribution in [2.45, 2.75) is 44.6 Å². The van der Waals surface area contributed by atoms with Gasteiger partial charge in [-0.15, -0.1) is 0 Å². The molecule has 1 aliphatic rings. The van der Waals surface area contributed by atoms with Crippen LogP contribution in [0, 0.1) is 0 Å². The average Bonchev–Trinajstić information content (AvgIpc) is 2.61. The summed E-state index contributed by atoms with van der Waals surface area (Å²) in [6, 6.07) is 8.52. The molecule has 0 fully saturated rings. The van der Waals surface area contributed by atoms with E-state index in [-0.39, 0.29) is 0 Å². The second kappa shape index (κ2) is 6.27. The van der Waals surface area contributed by atoms with E-state index in [4.69, 9.17) is 10.8 Å². The summed E-state index contributed by atoms with van der Waals surface area (Å²) in [6.07, 6.45) is 4.84. The molecule has 0 aliphatic carbocycles. The molecule has 1 aromatic rings. The maximum atomic E-state index is 11.0. The minimum absolute atomic E-state index is 0.501. The number of anilines is 1. The first-order valence-corrected chi connectivity index (χ1v) is 7.36. The quantitative estimate of drug-likeness (QED) is 0.866. The standard InChI is InChI=1S/C16H24N2O2/c1-16(17,15(19)20)10-6-12-18-11-5-4-8-13-7-2-3-9-14(13)18/h2-3,7,9H,4-6,8,10-12,17H2,1H3,(H,19,20). The fourth-order valence-corrected chi connectivity index (χ4v) is 2.75. The number of carboxylic acid groups (broad SMARTS) is 1. The summed E-state index contributed by atoms with van der Waals surface area (Å²) in [6.45, 7) is 3.51. The van der Waals surface area contributed by atoms with Crippen LogP contribution in [0.25, 0.3) is 0 Å². The number of carboxylic acids is 1. The van der Waals surface area contributed by atoms with Gasteiger partial charge in [0.2, 0.25) is 0 Å². The SMILES string of the molecule is CC(N)(CCCN1CCCCc2ccccc21)C(=O)O. The summed E-state index contributed by atoms with van der Waals surface area (Å²) < 4.78 is 0. The number of carbonyl (C=O) groups is 1. The van der Waals surface area contributed by atoms with E-state index in [2.05, 4.69) is 29.2 Å². The summed E-state index contributed by atoms with van der Waals surface area (Å²) >= 11 is 0.